The number of aryl methyl sites for hydroxylation is 1. The summed E-state index contributed by atoms with van der Waals surface area (Å²) in [6.45, 7) is 3.83. The van der Waals surface area contributed by atoms with Crippen molar-refractivity contribution in [1.82, 2.24) is 34.9 Å². The molecule has 176 valence electrons. The van der Waals surface area contributed by atoms with Crippen molar-refractivity contribution in [1.29, 1.82) is 0 Å². The van der Waals surface area contributed by atoms with Crippen molar-refractivity contribution in [2.75, 3.05) is 18.4 Å². The Kier molecular flexibility index (Phi) is 6.26. The van der Waals surface area contributed by atoms with Crippen LogP contribution in [-0.2, 0) is 0 Å². The normalized spacial score (nSPS) is 13.3. The van der Waals surface area contributed by atoms with Crippen LogP contribution < -0.4 is 15.4 Å². The van der Waals surface area contributed by atoms with E-state index in [0.717, 1.165) is 58.9 Å². The molecule has 9 nitrogen and oxygen atoms in total. The van der Waals surface area contributed by atoms with E-state index in [2.05, 4.69) is 36.8 Å². The van der Waals surface area contributed by atoms with Crippen molar-refractivity contribution in [2.45, 2.75) is 13.3 Å². The fourth-order valence-corrected chi connectivity index (χ4v) is 4.01. The second-order valence-electron chi connectivity index (χ2n) is 8.11. The fourth-order valence-electron chi connectivity index (χ4n) is 4.01. The molecule has 0 spiro atoms. The Labute approximate surface area is 207 Å². The Hall–Kier alpha value is -4.08. The minimum Gasteiger partial charge on any atom is -0.457 e. The van der Waals surface area contributed by atoms with Crippen molar-refractivity contribution in [3.63, 3.8) is 0 Å². The first kappa shape index (κ1) is 22.7. The number of pyridine rings is 2. The topological polar surface area (TPSA) is 102 Å². The van der Waals surface area contributed by atoms with Gasteiger partial charge in [0.2, 0.25) is 0 Å². The summed E-state index contributed by atoms with van der Waals surface area (Å²) < 4.78 is 7.78. The van der Waals surface area contributed by atoms with Crippen LogP contribution in [0.25, 0.3) is 22.3 Å². The van der Waals surface area contributed by atoms with E-state index in [1.807, 2.05) is 55.6 Å². The van der Waals surface area contributed by atoms with Crippen LogP contribution in [-0.4, -0.2) is 42.6 Å². The van der Waals surface area contributed by atoms with E-state index in [-0.39, 0.29) is 12.4 Å². The molecule has 0 saturated heterocycles. The number of hydrogen-bond donors (Lipinski definition) is 2. The molecule has 0 radical (unpaired) electrons. The van der Waals surface area contributed by atoms with E-state index in [4.69, 9.17) is 9.72 Å². The van der Waals surface area contributed by atoms with Gasteiger partial charge in [-0.3, -0.25) is 0 Å². The van der Waals surface area contributed by atoms with E-state index in [9.17, 15) is 0 Å². The lowest BCUT2D eigenvalue weighted by Gasteiger charge is -2.15. The quantitative estimate of drug-likeness (QED) is 0.368. The molecule has 0 bridgehead atoms. The highest BCUT2D eigenvalue weighted by Gasteiger charge is 2.12. The molecule has 1 aliphatic heterocycles. The minimum atomic E-state index is 0. The van der Waals surface area contributed by atoms with Crippen LogP contribution in [0.2, 0.25) is 0 Å². The molecule has 4 aromatic heterocycles. The van der Waals surface area contributed by atoms with Gasteiger partial charge >= 0.3 is 0 Å². The Balaban J connectivity index is 0.00000253. The van der Waals surface area contributed by atoms with Crippen LogP contribution >= 0.6 is 12.4 Å². The van der Waals surface area contributed by atoms with Gasteiger partial charge in [-0.25, -0.2) is 24.5 Å². The van der Waals surface area contributed by atoms with Crippen LogP contribution in [0, 0.1) is 6.92 Å². The van der Waals surface area contributed by atoms with Crippen LogP contribution in [0.4, 0.5) is 11.5 Å². The molecule has 10 heteroatoms. The first-order chi connectivity index (χ1) is 16.7. The summed E-state index contributed by atoms with van der Waals surface area (Å²) in [5, 5.41) is 10.9. The monoisotopic (exact) mass is 486 g/mol. The van der Waals surface area contributed by atoms with Crippen molar-refractivity contribution in [3.8, 4) is 11.5 Å². The smallest absolute Gasteiger partial charge is 0.160 e. The zero-order chi connectivity index (χ0) is 22.9. The molecule has 0 fully saturated rings. The van der Waals surface area contributed by atoms with Crippen molar-refractivity contribution in [3.05, 3.63) is 78.6 Å². The zero-order valence-electron chi connectivity index (χ0n) is 19.0. The summed E-state index contributed by atoms with van der Waals surface area (Å²) in [4.78, 5) is 17.9. The van der Waals surface area contributed by atoms with E-state index in [1.165, 1.54) is 11.9 Å². The van der Waals surface area contributed by atoms with E-state index in [1.54, 1.807) is 10.8 Å². The second-order valence-corrected chi connectivity index (χ2v) is 8.11. The molecule has 1 aromatic carbocycles. The maximum Gasteiger partial charge on any atom is 0.160 e. The number of nitrogens with one attached hydrogen (secondary N) is 2. The molecule has 1 aliphatic rings. The third kappa shape index (κ3) is 4.64. The summed E-state index contributed by atoms with van der Waals surface area (Å²) in [7, 11) is 0. The first-order valence-electron chi connectivity index (χ1n) is 11.1. The summed E-state index contributed by atoms with van der Waals surface area (Å²) in [6, 6.07) is 13.7. The first-order valence-corrected chi connectivity index (χ1v) is 11.1. The third-order valence-corrected chi connectivity index (χ3v) is 5.76. The highest BCUT2D eigenvalue weighted by molar-refractivity contribution is 5.88. The molecule has 0 aliphatic carbocycles. The van der Waals surface area contributed by atoms with Gasteiger partial charge in [-0.15, -0.1) is 12.4 Å². The number of ether oxygens (including phenoxy) is 1. The Bertz CT molecular complexity index is 1550. The predicted octanol–water partition coefficient (Wildman–Crippen LogP) is 4.71. The minimum absolute atomic E-state index is 0. The number of anilines is 2. The van der Waals surface area contributed by atoms with Gasteiger partial charge in [-0.05, 0) is 67.4 Å². The number of benzene rings is 1. The molecule has 0 unspecified atom stereocenters. The lowest BCUT2D eigenvalue weighted by atomic mass is 10.1. The molecule has 0 atom stereocenters. The average molecular weight is 487 g/mol. The summed E-state index contributed by atoms with van der Waals surface area (Å²) in [5.41, 5.74) is 6.29. The van der Waals surface area contributed by atoms with Crippen LogP contribution in [0.15, 0.2) is 67.4 Å². The third-order valence-electron chi connectivity index (χ3n) is 5.76. The Morgan fingerprint density at radius 1 is 1.03 bits per heavy atom. The number of halogens is 1. The predicted molar refractivity (Wildman–Crippen MR) is 138 cm³/mol. The lowest BCUT2D eigenvalue weighted by Crippen LogP contribution is -2.21. The maximum atomic E-state index is 6.09. The van der Waals surface area contributed by atoms with Crippen LogP contribution in [0.5, 0.6) is 11.5 Å². The molecule has 5 aromatic rings. The van der Waals surface area contributed by atoms with E-state index < -0.39 is 0 Å². The van der Waals surface area contributed by atoms with Crippen LogP contribution in [0.3, 0.4) is 0 Å². The molecule has 0 saturated carbocycles. The standard InChI is InChI=1S/C25H22N8O.ClH/c1-16-11-18(4-7-22(16)34-19-8-10-33-23(12-19)28-15-30-33)31-25-24-21(27-14-29-25)6-5-20(32-24)17-3-2-9-26-13-17;/h3-8,10-12,14-15,26H,2,9,13H2,1H3,(H,27,29,31);1H. The Morgan fingerprint density at radius 2 is 1.97 bits per heavy atom. The molecular formula is C25H23ClN8O. The summed E-state index contributed by atoms with van der Waals surface area (Å²) in [6.07, 6.45) is 8.14. The van der Waals surface area contributed by atoms with Gasteiger partial charge in [0.25, 0.3) is 0 Å². The number of aromatic nitrogens is 6. The zero-order valence-corrected chi connectivity index (χ0v) is 19.8. The van der Waals surface area contributed by atoms with Gasteiger partial charge in [0.1, 0.15) is 29.7 Å². The van der Waals surface area contributed by atoms with Crippen molar-refractivity contribution < 1.29 is 4.74 Å². The molecular weight excluding hydrogens is 464 g/mol. The number of hydrogen-bond acceptors (Lipinski definition) is 8. The summed E-state index contributed by atoms with van der Waals surface area (Å²) in [5.74, 6) is 2.13. The number of rotatable bonds is 5. The highest BCUT2D eigenvalue weighted by atomic mass is 35.5. The molecule has 5 heterocycles. The molecule has 6 rings (SSSR count). The number of fused-ring (bicyclic) bond motifs is 2. The van der Waals surface area contributed by atoms with Gasteiger partial charge in [-0.1, -0.05) is 6.08 Å². The highest BCUT2D eigenvalue weighted by Crippen LogP contribution is 2.30. The average Bonchev–Trinajstić information content (AvgIpc) is 3.34. The SMILES string of the molecule is Cc1cc(Nc2ncnc3ccc(C4=CCCNC4)nc23)ccc1Oc1ccn2ncnc2c1.Cl. The van der Waals surface area contributed by atoms with Crippen molar-refractivity contribution >= 4 is 46.2 Å². The van der Waals surface area contributed by atoms with Gasteiger partial charge in [-0.2, -0.15) is 5.10 Å². The van der Waals surface area contributed by atoms with Gasteiger partial charge in [0.05, 0.1) is 11.2 Å². The largest absolute Gasteiger partial charge is 0.457 e. The molecule has 0 amide bonds. The molecule has 35 heavy (non-hydrogen) atoms. The van der Waals surface area contributed by atoms with Gasteiger partial charge in [0.15, 0.2) is 11.5 Å². The number of nitrogens with zero attached hydrogens (tertiary/aromatic N) is 6. The Morgan fingerprint density at radius 3 is 2.83 bits per heavy atom. The maximum absolute atomic E-state index is 6.09. The fraction of sp³-hybridized carbons (Fsp3) is 0.160. The van der Waals surface area contributed by atoms with Crippen LogP contribution in [0.1, 0.15) is 17.7 Å². The summed E-state index contributed by atoms with van der Waals surface area (Å²) >= 11 is 0. The van der Waals surface area contributed by atoms with E-state index in [0.29, 0.717) is 11.6 Å². The van der Waals surface area contributed by atoms with Gasteiger partial charge in [0, 0.05) is 24.5 Å². The van der Waals surface area contributed by atoms with Crippen molar-refractivity contribution in [2.24, 2.45) is 0 Å². The van der Waals surface area contributed by atoms with E-state index >= 15 is 0 Å². The second kappa shape index (κ2) is 9.65. The lowest BCUT2D eigenvalue weighted by molar-refractivity contribution is 0.478. The van der Waals surface area contributed by atoms with Gasteiger partial charge < -0.3 is 15.4 Å². The molecule has 2 N–H and O–H groups in total.